The molecule has 1 saturated heterocycles. The summed E-state index contributed by atoms with van der Waals surface area (Å²) in [5.41, 5.74) is -0.256. The largest absolute Gasteiger partial charge is 0.408 e. The SMILES string of the molecule is CCC(O)CC1CCC(C)N1C(=O)c1cc2c(cn1)c(-c1cnc3c(F)cc(F)cn13)nn2CC(F)(F)F. The summed E-state index contributed by atoms with van der Waals surface area (Å²) in [6.45, 7) is 2.27. The van der Waals surface area contributed by atoms with Crippen molar-refractivity contribution >= 4 is 22.5 Å². The number of hydrogen-bond donors (Lipinski definition) is 1. The number of halogens is 5. The van der Waals surface area contributed by atoms with E-state index >= 15 is 0 Å². The first-order valence-electron chi connectivity index (χ1n) is 12.2. The number of aliphatic hydroxyl groups is 1. The Morgan fingerprint density at radius 2 is 1.95 bits per heavy atom. The van der Waals surface area contributed by atoms with Crippen molar-refractivity contribution in [3.63, 3.8) is 0 Å². The normalized spacial score (nSPS) is 19.1. The van der Waals surface area contributed by atoms with E-state index in [0.29, 0.717) is 30.0 Å². The third kappa shape index (κ3) is 4.70. The van der Waals surface area contributed by atoms with E-state index in [9.17, 15) is 31.9 Å². The van der Waals surface area contributed by atoms with Gasteiger partial charge >= 0.3 is 6.18 Å². The Morgan fingerprint density at radius 1 is 1.18 bits per heavy atom. The van der Waals surface area contributed by atoms with E-state index < -0.39 is 36.4 Å². The van der Waals surface area contributed by atoms with Crippen LogP contribution in [0.1, 0.15) is 50.0 Å². The Morgan fingerprint density at radius 3 is 2.66 bits per heavy atom. The van der Waals surface area contributed by atoms with E-state index in [1.807, 2.05) is 13.8 Å². The van der Waals surface area contributed by atoms with Gasteiger partial charge in [0.25, 0.3) is 5.91 Å². The number of rotatable bonds is 6. The molecule has 38 heavy (non-hydrogen) atoms. The molecule has 3 unspecified atom stereocenters. The standard InChI is InChI=1S/C25H25F5N6O2/c1-3-16(37)7-15-5-4-13(2)36(15)24(38)19-8-20-17(9-31-19)22(33-35(20)12-25(28,29)30)21-10-32-23-18(27)6-14(26)11-34(21)23/h6,8-11,13,15-16,37H,3-5,7,12H2,1-2H3. The van der Waals surface area contributed by atoms with Gasteiger partial charge in [-0.15, -0.1) is 0 Å². The second kappa shape index (κ2) is 9.61. The number of carbonyl (C=O) groups is 1. The van der Waals surface area contributed by atoms with E-state index in [-0.39, 0.29) is 45.7 Å². The number of nitrogens with zero attached hydrogens (tertiary/aromatic N) is 6. The number of fused-ring (bicyclic) bond motifs is 2. The Kier molecular flexibility index (Phi) is 6.58. The minimum atomic E-state index is -4.63. The summed E-state index contributed by atoms with van der Waals surface area (Å²) in [4.78, 5) is 23.3. The molecule has 0 radical (unpaired) electrons. The molecule has 0 spiro atoms. The van der Waals surface area contributed by atoms with Gasteiger partial charge in [-0.3, -0.25) is 18.9 Å². The molecule has 13 heteroatoms. The molecule has 202 valence electrons. The van der Waals surface area contributed by atoms with Crippen LogP contribution in [0.3, 0.4) is 0 Å². The molecule has 4 aromatic heterocycles. The van der Waals surface area contributed by atoms with Crippen LogP contribution in [0, 0.1) is 11.6 Å². The molecule has 0 bridgehead atoms. The first-order valence-corrected chi connectivity index (χ1v) is 12.2. The Bertz CT molecular complexity index is 1510. The molecule has 8 nitrogen and oxygen atoms in total. The Labute approximate surface area is 213 Å². The topological polar surface area (TPSA) is 88.5 Å². The second-order valence-corrected chi connectivity index (χ2v) is 9.64. The third-order valence-corrected chi connectivity index (χ3v) is 6.99. The van der Waals surface area contributed by atoms with Gasteiger partial charge in [0.15, 0.2) is 11.5 Å². The molecule has 1 aliphatic rings. The zero-order valence-electron chi connectivity index (χ0n) is 20.6. The summed E-state index contributed by atoms with van der Waals surface area (Å²) < 4.78 is 70.3. The minimum absolute atomic E-state index is 0.0144. The van der Waals surface area contributed by atoms with Crippen molar-refractivity contribution in [2.45, 2.75) is 70.4 Å². The monoisotopic (exact) mass is 536 g/mol. The fourth-order valence-electron chi connectivity index (χ4n) is 5.14. The molecule has 1 aliphatic heterocycles. The van der Waals surface area contributed by atoms with Gasteiger partial charge in [-0.2, -0.15) is 18.3 Å². The highest BCUT2D eigenvalue weighted by molar-refractivity contribution is 5.99. The van der Waals surface area contributed by atoms with Gasteiger partial charge in [0.1, 0.15) is 23.7 Å². The molecule has 1 N–H and O–H groups in total. The van der Waals surface area contributed by atoms with Gasteiger partial charge in [-0.1, -0.05) is 6.92 Å². The van der Waals surface area contributed by atoms with Crippen LogP contribution < -0.4 is 0 Å². The van der Waals surface area contributed by atoms with Crippen LogP contribution >= 0.6 is 0 Å². The van der Waals surface area contributed by atoms with Gasteiger partial charge in [-0.25, -0.2) is 13.8 Å². The third-order valence-electron chi connectivity index (χ3n) is 6.99. The number of likely N-dealkylation sites (tertiary alicyclic amines) is 1. The van der Waals surface area contributed by atoms with Crippen LogP contribution in [0.4, 0.5) is 22.0 Å². The lowest BCUT2D eigenvalue weighted by Crippen LogP contribution is -2.41. The van der Waals surface area contributed by atoms with Crippen molar-refractivity contribution in [3.05, 3.63) is 48.1 Å². The lowest BCUT2D eigenvalue weighted by molar-refractivity contribution is -0.141. The smallest absolute Gasteiger partial charge is 0.393 e. The molecule has 4 aromatic rings. The average Bonchev–Trinajstić information content (AvgIpc) is 3.53. The maximum atomic E-state index is 14.2. The molecule has 3 atom stereocenters. The van der Waals surface area contributed by atoms with E-state index in [2.05, 4.69) is 15.1 Å². The second-order valence-electron chi connectivity index (χ2n) is 9.64. The fraction of sp³-hybridized carbons (Fsp3) is 0.440. The number of alkyl halides is 3. The lowest BCUT2D eigenvalue weighted by Gasteiger charge is -2.29. The first-order chi connectivity index (χ1) is 18.0. The van der Waals surface area contributed by atoms with Crippen LogP contribution in [0.2, 0.25) is 0 Å². The van der Waals surface area contributed by atoms with Crippen molar-refractivity contribution in [3.8, 4) is 11.4 Å². The molecule has 0 aromatic carbocycles. The predicted octanol–water partition coefficient (Wildman–Crippen LogP) is 4.74. The molecule has 1 amide bonds. The molecule has 0 aliphatic carbocycles. The Balaban J connectivity index is 1.61. The molecule has 5 heterocycles. The van der Waals surface area contributed by atoms with Crippen molar-refractivity contribution in [2.75, 3.05) is 0 Å². The maximum absolute atomic E-state index is 14.2. The number of aromatic nitrogens is 5. The molecular formula is C25H25F5N6O2. The summed E-state index contributed by atoms with van der Waals surface area (Å²) in [5.74, 6) is -2.30. The fourth-order valence-corrected chi connectivity index (χ4v) is 5.14. The minimum Gasteiger partial charge on any atom is -0.393 e. The van der Waals surface area contributed by atoms with Crippen LogP contribution in [-0.2, 0) is 6.54 Å². The number of carbonyl (C=O) groups excluding carboxylic acids is 1. The van der Waals surface area contributed by atoms with E-state index in [0.717, 1.165) is 17.0 Å². The zero-order valence-corrected chi connectivity index (χ0v) is 20.6. The Hall–Kier alpha value is -3.61. The number of aliphatic hydroxyl groups excluding tert-OH is 1. The summed E-state index contributed by atoms with van der Waals surface area (Å²) in [5, 5.41) is 14.4. The quantitative estimate of drug-likeness (QED) is 0.360. The average molecular weight is 537 g/mol. The van der Waals surface area contributed by atoms with Crippen molar-refractivity contribution in [2.24, 2.45) is 0 Å². The number of pyridine rings is 2. The summed E-state index contributed by atoms with van der Waals surface area (Å²) >= 11 is 0. The van der Waals surface area contributed by atoms with E-state index in [4.69, 9.17) is 0 Å². The first kappa shape index (κ1) is 26.0. The van der Waals surface area contributed by atoms with Gasteiger partial charge in [0.2, 0.25) is 0 Å². The number of amides is 1. The van der Waals surface area contributed by atoms with Crippen LogP contribution in [0.15, 0.2) is 30.7 Å². The summed E-state index contributed by atoms with van der Waals surface area (Å²) in [7, 11) is 0. The van der Waals surface area contributed by atoms with Gasteiger partial charge in [0.05, 0.1) is 23.5 Å². The predicted molar refractivity (Wildman–Crippen MR) is 127 cm³/mol. The zero-order chi connectivity index (χ0) is 27.4. The summed E-state index contributed by atoms with van der Waals surface area (Å²) in [6, 6.07) is 1.55. The lowest BCUT2D eigenvalue weighted by atomic mass is 10.0. The van der Waals surface area contributed by atoms with Gasteiger partial charge in [0, 0.05) is 35.9 Å². The molecule has 1 fully saturated rings. The molecule has 5 rings (SSSR count). The highest BCUT2D eigenvalue weighted by atomic mass is 19.4. The summed E-state index contributed by atoms with van der Waals surface area (Å²) in [6.07, 6.45) is 0.533. The van der Waals surface area contributed by atoms with E-state index in [1.54, 1.807) is 4.90 Å². The van der Waals surface area contributed by atoms with Crippen molar-refractivity contribution in [1.29, 1.82) is 0 Å². The van der Waals surface area contributed by atoms with Crippen molar-refractivity contribution in [1.82, 2.24) is 29.0 Å². The maximum Gasteiger partial charge on any atom is 0.408 e. The van der Waals surface area contributed by atoms with Gasteiger partial charge < -0.3 is 10.0 Å². The van der Waals surface area contributed by atoms with Crippen molar-refractivity contribution < 1.29 is 31.9 Å². The van der Waals surface area contributed by atoms with Crippen LogP contribution in [-0.4, -0.2) is 64.4 Å². The van der Waals surface area contributed by atoms with Crippen LogP contribution in [0.25, 0.3) is 27.9 Å². The number of hydrogen-bond acceptors (Lipinski definition) is 5. The van der Waals surface area contributed by atoms with Crippen LogP contribution in [0.5, 0.6) is 0 Å². The molecule has 0 saturated carbocycles. The number of imidazole rings is 1. The molecular weight excluding hydrogens is 511 g/mol. The van der Waals surface area contributed by atoms with E-state index in [1.165, 1.54) is 18.5 Å². The van der Waals surface area contributed by atoms with Gasteiger partial charge in [-0.05, 0) is 38.7 Å². The highest BCUT2D eigenvalue weighted by Gasteiger charge is 2.37. The highest BCUT2D eigenvalue weighted by Crippen LogP contribution is 2.33.